The number of nitrogen functional groups attached to an aromatic ring is 1. The summed E-state index contributed by atoms with van der Waals surface area (Å²) in [4.78, 5) is 16.4. The summed E-state index contributed by atoms with van der Waals surface area (Å²) >= 11 is 0. The SMILES string of the molecule is Cc1ccc(CNc2ccc(C=CC(=O)Nc3ccccc3N)cn2)cc1. The lowest BCUT2D eigenvalue weighted by Gasteiger charge is -2.06. The number of hydrogen-bond donors (Lipinski definition) is 3. The molecule has 0 aliphatic heterocycles. The third-order valence-electron chi connectivity index (χ3n) is 4.03. The fourth-order valence-corrected chi connectivity index (χ4v) is 2.46. The molecule has 3 aromatic rings. The highest BCUT2D eigenvalue weighted by Crippen LogP contribution is 2.16. The normalized spacial score (nSPS) is 10.7. The quantitative estimate of drug-likeness (QED) is 0.455. The maximum Gasteiger partial charge on any atom is 0.248 e. The Hall–Kier alpha value is -3.60. The minimum atomic E-state index is -0.241. The van der Waals surface area contributed by atoms with Crippen molar-refractivity contribution in [3.63, 3.8) is 0 Å². The number of aryl methyl sites for hydroxylation is 1. The number of amides is 1. The van der Waals surface area contributed by atoms with Crippen LogP contribution in [-0.4, -0.2) is 10.9 Å². The lowest BCUT2D eigenvalue weighted by molar-refractivity contribution is -0.111. The van der Waals surface area contributed by atoms with Crippen LogP contribution in [0.15, 0.2) is 72.9 Å². The Morgan fingerprint density at radius 2 is 1.85 bits per heavy atom. The molecule has 0 atom stereocenters. The molecule has 0 saturated heterocycles. The lowest BCUT2D eigenvalue weighted by Crippen LogP contribution is -2.09. The van der Waals surface area contributed by atoms with Crippen molar-refractivity contribution in [2.45, 2.75) is 13.5 Å². The van der Waals surface area contributed by atoms with Gasteiger partial charge < -0.3 is 16.4 Å². The predicted molar refractivity (Wildman–Crippen MR) is 111 cm³/mol. The lowest BCUT2D eigenvalue weighted by atomic mass is 10.1. The fraction of sp³-hybridized carbons (Fsp3) is 0.0909. The van der Waals surface area contributed by atoms with E-state index in [1.165, 1.54) is 17.2 Å². The van der Waals surface area contributed by atoms with Gasteiger partial charge in [0.2, 0.25) is 5.91 Å². The number of anilines is 3. The largest absolute Gasteiger partial charge is 0.397 e. The number of para-hydroxylation sites is 2. The maximum atomic E-state index is 12.0. The molecule has 2 aromatic carbocycles. The van der Waals surface area contributed by atoms with Gasteiger partial charge in [-0.15, -0.1) is 0 Å². The van der Waals surface area contributed by atoms with Gasteiger partial charge in [-0.05, 0) is 48.4 Å². The fourth-order valence-electron chi connectivity index (χ4n) is 2.46. The molecule has 0 unspecified atom stereocenters. The second kappa shape index (κ2) is 8.67. The Balaban J connectivity index is 1.53. The van der Waals surface area contributed by atoms with E-state index in [4.69, 9.17) is 5.73 Å². The predicted octanol–water partition coefficient (Wildman–Crippen LogP) is 4.24. The number of hydrogen-bond acceptors (Lipinski definition) is 4. The molecule has 0 spiro atoms. The van der Waals surface area contributed by atoms with Crippen LogP contribution >= 0.6 is 0 Å². The maximum absolute atomic E-state index is 12.0. The Morgan fingerprint density at radius 3 is 2.56 bits per heavy atom. The number of carbonyl (C=O) groups excluding carboxylic acids is 1. The van der Waals surface area contributed by atoms with Crippen LogP contribution in [0.25, 0.3) is 6.08 Å². The third-order valence-corrected chi connectivity index (χ3v) is 4.03. The van der Waals surface area contributed by atoms with E-state index >= 15 is 0 Å². The topological polar surface area (TPSA) is 80.0 Å². The summed E-state index contributed by atoms with van der Waals surface area (Å²) in [5.41, 5.74) is 10.2. The van der Waals surface area contributed by atoms with E-state index in [0.29, 0.717) is 17.9 Å². The van der Waals surface area contributed by atoms with E-state index in [1.54, 1.807) is 24.4 Å². The first-order chi connectivity index (χ1) is 13.1. The number of nitrogens with zero attached hydrogens (tertiary/aromatic N) is 1. The van der Waals surface area contributed by atoms with Crippen LogP contribution < -0.4 is 16.4 Å². The second-order valence-electron chi connectivity index (χ2n) is 6.23. The number of nitrogens with one attached hydrogen (secondary N) is 2. The third kappa shape index (κ3) is 5.44. The molecule has 27 heavy (non-hydrogen) atoms. The van der Waals surface area contributed by atoms with Crippen LogP contribution in [0, 0.1) is 6.92 Å². The Bertz CT molecular complexity index is 931. The van der Waals surface area contributed by atoms with E-state index in [0.717, 1.165) is 11.4 Å². The summed E-state index contributed by atoms with van der Waals surface area (Å²) in [5, 5.41) is 6.03. The van der Waals surface area contributed by atoms with E-state index in [9.17, 15) is 4.79 Å². The monoisotopic (exact) mass is 358 g/mol. The number of benzene rings is 2. The van der Waals surface area contributed by atoms with Gasteiger partial charge in [0.05, 0.1) is 11.4 Å². The van der Waals surface area contributed by atoms with Crippen molar-refractivity contribution in [2.24, 2.45) is 0 Å². The first kappa shape index (κ1) is 18.2. The van der Waals surface area contributed by atoms with Gasteiger partial charge in [-0.1, -0.05) is 42.0 Å². The summed E-state index contributed by atoms with van der Waals surface area (Å²) in [6.07, 6.45) is 4.90. The molecule has 0 saturated carbocycles. The standard InChI is InChI=1S/C22H22N4O/c1-16-6-8-17(9-7-16)14-24-21-12-10-18(15-25-21)11-13-22(27)26-20-5-3-2-4-19(20)23/h2-13,15H,14,23H2,1H3,(H,24,25)(H,26,27). The number of rotatable bonds is 6. The molecule has 0 aliphatic rings. The Labute approximate surface area is 159 Å². The van der Waals surface area contributed by atoms with E-state index in [2.05, 4.69) is 46.8 Å². The highest BCUT2D eigenvalue weighted by Gasteiger charge is 2.01. The van der Waals surface area contributed by atoms with Gasteiger partial charge in [0.25, 0.3) is 0 Å². The van der Waals surface area contributed by atoms with Gasteiger partial charge in [-0.2, -0.15) is 0 Å². The van der Waals surface area contributed by atoms with Gasteiger partial charge in [-0.25, -0.2) is 4.98 Å². The molecule has 1 heterocycles. The molecule has 1 aromatic heterocycles. The van der Waals surface area contributed by atoms with Gasteiger partial charge in [0, 0.05) is 18.8 Å². The molecule has 0 bridgehead atoms. The van der Waals surface area contributed by atoms with Crippen LogP contribution in [-0.2, 0) is 11.3 Å². The molecule has 4 N–H and O–H groups in total. The zero-order chi connectivity index (χ0) is 19.1. The summed E-state index contributed by atoms with van der Waals surface area (Å²) < 4.78 is 0. The first-order valence-electron chi connectivity index (χ1n) is 8.69. The van der Waals surface area contributed by atoms with Gasteiger partial charge >= 0.3 is 0 Å². The molecule has 1 amide bonds. The van der Waals surface area contributed by atoms with Crippen molar-refractivity contribution in [2.75, 3.05) is 16.4 Å². The van der Waals surface area contributed by atoms with Crippen molar-refractivity contribution < 1.29 is 4.79 Å². The second-order valence-corrected chi connectivity index (χ2v) is 6.23. The molecular weight excluding hydrogens is 336 g/mol. The van der Waals surface area contributed by atoms with Crippen LogP contribution in [0.5, 0.6) is 0 Å². The van der Waals surface area contributed by atoms with E-state index in [1.807, 2.05) is 24.3 Å². The van der Waals surface area contributed by atoms with Crippen LogP contribution in [0.4, 0.5) is 17.2 Å². The summed E-state index contributed by atoms with van der Waals surface area (Å²) in [6.45, 7) is 2.78. The summed E-state index contributed by atoms with van der Waals surface area (Å²) in [7, 11) is 0. The minimum absolute atomic E-state index is 0.241. The smallest absolute Gasteiger partial charge is 0.248 e. The van der Waals surface area contributed by atoms with Crippen molar-refractivity contribution in [3.05, 3.63) is 89.6 Å². The molecule has 0 aliphatic carbocycles. The van der Waals surface area contributed by atoms with Crippen molar-refractivity contribution in [1.29, 1.82) is 0 Å². The van der Waals surface area contributed by atoms with Crippen molar-refractivity contribution in [3.8, 4) is 0 Å². The Morgan fingerprint density at radius 1 is 1.07 bits per heavy atom. The van der Waals surface area contributed by atoms with Crippen LogP contribution in [0.2, 0.25) is 0 Å². The average molecular weight is 358 g/mol. The summed E-state index contributed by atoms with van der Waals surface area (Å²) in [6, 6.07) is 19.3. The van der Waals surface area contributed by atoms with Gasteiger partial charge in [0.1, 0.15) is 5.82 Å². The molecule has 3 rings (SSSR count). The molecule has 136 valence electrons. The van der Waals surface area contributed by atoms with Crippen LogP contribution in [0.1, 0.15) is 16.7 Å². The summed E-state index contributed by atoms with van der Waals surface area (Å²) in [5.74, 6) is 0.545. The Kier molecular flexibility index (Phi) is 5.84. The van der Waals surface area contributed by atoms with E-state index in [-0.39, 0.29) is 5.91 Å². The molecule has 5 nitrogen and oxygen atoms in total. The minimum Gasteiger partial charge on any atom is -0.397 e. The van der Waals surface area contributed by atoms with E-state index < -0.39 is 0 Å². The average Bonchev–Trinajstić information content (AvgIpc) is 2.68. The molecule has 0 radical (unpaired) electrons. The number of pyridine rings is 1. The number of aromatic nitrogens is 1. The van der Waals surface area contributed by atoms with Crippen molar-refractivity contribution >= 4 is 29.2 Å². The van der Waals surface area contributed by atoms with Gasteiger partial charge in [-0.3, -0.25) is 4.79 Å². The zero-order valence-corrected chi connectivity index (χ0v) is 15.1. The zero-order valence-electron chi connectivity index (χ0n) is 15.1. The number of carbonyl (C=O) groups is 1. The first-order valence-corrected chi connectivity index (χ1v) is 8.69. The highest BCUT2D eigenvalue weighted by molar-refractivity contribution is 6.03. The van der Waals surface area contributed by atoms with Crippen LogP contribution in [0.3, 0.4) is 0 Å². The molecule has 5 heteroatoms. The highest BCUT2D eigenvalue weighted by atomic mass is 16.1. The van der Waals surface area contributed by atoms with Crippen molar-refractivity contribution in [1.82, 2.24) is 4.98 Å². The van der Waals surface area contributed by atoms with Gasteiger partial charge in [0.15, 0.2) is 0 Å². The number of nitrogens with two attached hydrogens (primary N) is 1. The molecule has 0 fully saturated rings. The molecular formula is C22H22N4O.